The maximum Gasteiger partial charge on any atom is 0.423 e. The second-order valence-corrected chi connectivity index (χ2v) is 9.88. The molecule has 0 spiro atoms. The summed E-state index contributed by atoms with van der Waals surface area (Å²) >= 11 is 0. The highest BCUT2D eigenvalue weighted by Gasteiger charge is 2.33. The number of ether oxygens (including phenoxy) is 5. The van der Waals surface area contributed by atoms with Crippen LogP contribution in [0, 0.1) is 0 Å². The van der Waals surface area contributed by atoms with Gasteiger partial charge >= 0.3 is 12.1 Å². The van der Waals surface area contributed by atoms with Crippen molar-refractivity contribution in [2.75, 3.05) is 40.0 Å². The lowest BCUT2D eigenvalue weighted by Gasteiger charge is -2.29. The number of carbonyl (C=O) groups excluding carboxylic acids is 2. The Bertz CT molecular complexity index is 1130. The standard InChI is InChI=1S/C28H39N3O7/c1-9-37-17-18-14-22(34-6)25(23(15-18)35-7)20-12-10-19(11-13-24(32)36-8)26-21(20)16-31(30(26)5)29-27(33)38-28(2,3)4/h10,12,14-15H,9,11,13,16-17H2,1-8H3,(H,29,33). The van der Waals surface area contributed by atoms with Gasteiger partial charge < -0.3 is 23.7 Å². The van der Waals surface area contributed by atoms with E-state index in [2.05, 4.69) is 5.43 Å². The molecule has 1 heterocycles. The number of amides is 1. The normalized spacial score (nSPS) is 13.2. The number of carbonyl (C=O) groups is 2. The van der Waals surface area contributed by atoms with Gasteiger partial charge in [0.2, 0.25) is 0 Å². The molecule has 2 aromatic rings. The maximum absolute atomic E-state index is 12.6. The number of methoxy groups -OCH3 is 3. The van der Waals surface area contributed by atoms with E-state index in [1.54, 1.807) is 19.3 Å². The molecule has 208 valence electrons. The fourth-order valence-electron chi connectivity index (χ4n) is 4.46. The van der Waals surface area contributed by atoms with Crippen LogP contribution in [0.15, 0.2) is 24.3 Å². The van der Waals surface area contributed by atoms with E-state index in [-0.39, 0.29) is 12.4 Å². The molecule has 3 rings (SSSR count). The van der Waals surface area contributed by atoms with Crippen LogP contribution in [0.4, 0.5) is 10.5 Å². The van der Waals surface area contributed by atoms with Crippen LogP contribution in [-0.2, 0) is 38.6 Å². The summed E-state index contributed by atoms with van der Waals surface area (Å²) in [5, 5.41) is 3.55. The fraction of sp³-hybridized carbons (Fsp3) is 0.500. The van der Waals surface area contributed by atoms with E-state index in [1.165, 1.54) is 7.11 Å². The van der Waals surface area contributed by atoms with Crippen LogP contribution in [0.2, 0.25) is 0 Å². The van der Waals surface area contributed by atoms with Crippen LogP contribution in [-0.4, -0.2) is 57.8 Å². The molecule has 0 aromatic heterocycles. The molecule has 1 N–H and O–H groups in total. The van der Waals surface area contributed by atoms with Crippen LogP contribution in [0.25, 0.3) is 11.1 Å². The van der Waals surface area contributed by atoms with Gasteiger partial charge in [0.05, 0.1) is 45.7 Å². The smallest absolute Gasteiger partial charge is 0.423 e. The summed E-state index contributed by atoms with van der Waals surface area (Å²) in [4.78, 5) is 24.5. The molecule has 1 aliphatic heterocycles. The number of nitrogens with zero attached hydrogens (tertiary/aromatic N) is 2. The van der Waals surface area contributed by atoms with Gasteiger partial charge in [-0.1, -0.05) is 12.1 Å². The lowest BCUT2D eigenvalue weighted by Crippen LogP contribution is -2.49. The average molecular weight is 530 g/mol. The molecule has 2 aromatic carbocycles. The topological polar surface area (TPSA) is 98.8 Å². The van der Waals surface area contributed by atoms with Gasteiger partial charge in [-0.25, -0.2) is 10.2 Å². The third-order valence-electron chi connectivity index (χ3n) is 6.11. The van der Waals surface area contributed by atoms with Crippen molar-refractivity contribution in [3.63, 3.8) is 0 Å². The number of benzene rings is 2. The summed E-state index contributed by atoms with van der Waals surface area (Å²) in [5.41, 5.74) is 7.56. The van der Waals surface area contributed by atoms with Gasteiger partial charge in [-0.05, 0) is 62.9 Å². The largest absolute Gasteiger partial charge is 0.496 e. The molecule has 0 bridgehead atoms. The van der Waals surface area contributed by atoms with E-state index in [0.29, 0.717) is 37.7 Å². The van der Waals surface area contributed by atoms with Gasteiger partial charge in [-0.15, -0.1) is 5.12 Å². The van der Waals surface area contributed by atoms with E-state index in [4.69, 9.17) is 23.7 Å². The first kappa shape index (κ1) is 29.1. The molecular formula is C28H39N3O7. The number of rotatable bonds is 10. The van der Waals surface area contributed by atoms with Crippen molar-refractivity contribution in [1.29, 1.82) is 0 Å². The zero-order chi connectivity index (χ0) is 28.0. The average Bonchev–Trinajstić information content (AvgIpc) is 3.19. The highest BCUT2D eigenvalue weighted by atomic mass is 16.6. The minimum atomic E-state index is -0.643. The summed E-state index contributed by atoms with van der Waals surface area (Å²) in [5.74, 6) is 0.995. The van der Waals surface area contributed by atoms with Crippen molar-refractivity contribution < 1.29 is 33.3 Å². The van der Waals surface area contributed by atoms with Gasteiger partial charge in [0.1, 0.15) is 17.1 Å². The van der Waals surface area contributed by atoms with Crippen LogP contribution < -0.4 is 19.9 Å². The molecule has 1 amide bonds. The molecule has 10 nitrogen and oxygen atoms in total. The third kappa shape index (κ3) is 6.68. The van der Waals surface area contributed by atoms with Crippen LogP contribution in [0.3, 0.4) is 0 Å². The van der Waals surface area contributed by atoms with E-state index in [9.17, 15) is 9.59 Å². The molecule has 10 heteroatoms. The van der Waals surface area contributed by atoms with Crippen molar-refractivity contribution in [3.8, 4) is 22.6 Å². The third-order valence-corrected chi connectivity index (χ3v) is 6.11. The number of nitrogens with one attached hydrogen (secondary N) is 1. The van der Waals surface area contributed by atoms with Crippen molar-refractivity contribution >= 4 is 17.7 Å². The van der Waals surface area contributed by atoms with Gasteiger partial charge in [0.25, 0.3) is 0 Å². The monoisotopic (exact) mass is 529 g/mol. The van der Waals surface area contributed by atoms with Crippen molar-refractivity contribution in [2.45, 2.75) is 59.3 Å². The first-order chi connectivity index (χ1) is 18.0. The molecular weight excluding hydrogens is 490 g/mol. The van der Waals surface area contributed by atoms with Crippen molar-refractivity contribution in [2.24, 2.45) is 0 Å². The second kappa shape index (κ2) is 12.4. The SMILES string of the molecule is CCOCc1cc(OC)c(-c2ccc(CCC(=O)OC)c3c2CN(NC(=O)OC(C)(C)C)N3C)c(OC)c1. The van der Waals surface area contributed by atoms with Gasteiger partial charge in [0, 0.05) is 25.6 Å². The zero-order valence-corrected chi connectivity index (χ0v) is 23.6. The molecule has 0 fully saturated rings. The summed E-state index contributed by atoms with van der Waals surface area (Å²) in [6.07, 6.45) is 0.140. The minimum Gasteiger partial charge on any atom is -0.496 e. The first-order valence-corrected chi connectivity index (χ1v) is 12.6. The fourth-order valence-corrected chi connectivity index (χ4v) is 4.46. The first-order valence-electron chi connectivity index (χ1n) is 12.6. The van der Waals surface area contributed by atoms with Crippen LogP contribution in [0.1, 0.15) is 50.8 Å². The van der Waals surface area contributed by atoms with Crippen LogP contribution >= 0.6 is 0 Å². The summed E-state index contributed by atoms with van der Waals surface area (Å²) < 4.78 is 27.5. The summed E-state index contributed by atoms with van der Waals surface area (Å²) in [7, 11) is 6.48. The second-order valence-electron chi connectivity index (χ2n) is 9.88. The van der Waals surface area contributed by atoms with Gasteiger partial charge in [-0.2, -0.15) is 0 Å². The molecule has 0 unspecified atom stereocenters. The lowest BCUT2D eigenvalue weighted by molar-refractivity contribution is -0.140. The minimum absolute atomic E-state index is 0.231. The molecule has 0 atom stereocenters. The Hall–Kier alpha value is -3.50. The number of esters is 1. The number of anilines is 1. The lowest BCUT2D eigenvalue weighted by atomic mass is 9.92. The Morgan fingerprint density at radius 2 is 1.71 bits per heavy atom. The van der Waals surface area contributed by atoms with E-state index < -0.39 is 11.7 Å². The Labute approximate surface area is 224 Å². The maximum atomic E-state index is 12.6. The highest BCUT2D eigenvalue weighted by Crippen LogP contribution is 2.47. The molecule has 0 saturated heterocycles. The summed E-state index contributed by atoms with van der Waals surface area (Å²) in [6.45, 7) is 8.77. The predicted octanol–water partition coefficient (Wildman–Crippen LogP) is 4.62. The molecule has 1 aliphatic rings. The van der Waals surface area contributed by atoms with Gasteiger partial charge in [0.15, 0.2) is 0 Å². The number of fused-ring (bicyclic) bond motifs is 1. The number of aryl methyl sites for hydroxylation is 1. The van der Waals surface area contributed by atoms with E-state index >= 15 is 0 Å². The van der Waals surface area contributed by atoms with Crippen molar-refractivity contribution in [1.82, 2.24) is 10.5 Å². The van der Waals surface area contributed by atoms with E-state index in [0.717, 1.165) is 33.5 Å². The predicted molar refractivity (Wildman–Crippen MR) is 144 cm³/mol. The van der Waals surface area contributed by atoms with Crippen molar-refractivity contribution in [3.05, 3.63) is 41.0 Å². The Balaban J connectivity index is 2.10. The Kier molecular flexibility index (Phi) is 9.45. The Morgan fingerprint density at radius 3 is 2.26 bits per heavy atom. The number of hydrazine groups is 2. The molecule has 0 aliphatic carbocycles. The molecule has 38 heavy (non-hydrogen) atoms. The highest BCUT2D eigenvalue weighted by molar-refractivity contribution is 5.85. The van der Waals surface area contributed by atoms with Crippen LogP contribution in [0.5, 0.6) is 11.5 Å². The zero-order valence-electron chi connectivity index (χ0n) is 23.6. The van der Waals surface area contributed by atoms with E-state index in [1.807, 2.05) is 64.0 Å². The molecule has 0 radical (unpaired) electrons. The molecule has 0 saturated carbocycles. The van der Waals surface area contributed by atoms with Gasteiger partial charge in [-0.3, -0.25) is 9.80 Å². The number of hydrogen-bond acceptors (Lipinski definition) is 9. The Morgan fingerprint density at radius 1 is 1.05 bits per heavy atom. The summed E-state index contributed by atoms with van der Waals surface area (Å²) in [6, 6.07) is 7.87. The quantitative estimate of drug-likeness (QED) is 0.442. The number of hydrogen-bond donors (Lipinski definition) is 1.